The third kappa shape index (κ3) is 5.68. The summed E-state index contributed by atoms with van der Waals surface area (Å²) >= 11 is 0. The third-order valence-electron chi connectivity index (χ3n) is 6.26. The van der Waals surface area contributed by atoms with E-state index in [0.717, 1.165) is 45.7 Å². The van der Waals surface area contributed by atoms with E-state index in [1.165, 1.54) is 47.6 Å². The average Bonchev–Trinajstić information content (AvgIpc) is 2.76. The van der Waals surface area contributed by atoms with Gasteiger partial charge in [-0.05, 0) is 48.4 Å². The van der Waals surface area contributed by atoms with E-state index in [2.05, 4.69) is 63.7 Å². The molecule has 4 rings (SSSR count). The molecule has 0 radical (unpaired) electrons. The number of piperazine rings is 1. The Labute approximate surface area is 174 Å². The van der Waals surface area contributed by atoms with E-state index >= 15 is 0 Å². The molecule has 0 spiro atoms. The van der Waals surface area contributed by atoms with Crippen LogP contribution in [0.5, 0.6) is 0 Å². The molecule has 1 aliphatic heterocycles. The molecule has 2 aliphatic rings. The van der Waals surface area contributed by atoms with Crippen LogP contribution < -0.4 is 5.32 Å². The SMILES string of the molecule is O=C(CN1CCN(Cc2cccc3ccccc23)CC1)NCCC1=CCCCC1. The molecule has 2 aromatic rings. The summed E-state index contributed by atoms with van der Waals surface area (Å²) in [6.07, 6.45) is 8.45. The van der Waals surface area contributed by atoms with Crippen LogP contribution in [0, 0.1) is 0 Å². The summed E-state index contributed by atoms with van der Waals surface area (Å²) in [6, 6.07) is 15.2. The zero-order chi connectivity index (χ0) is 19.9. The van der Waals surface area contributed by atoms with Crippen LogP contribution in [0.2, 0.25) is 0 Å². The standard InChI is InChI=1S/C25H33N3O/c29-25(26-14-13-21-7-2-1-3-8-21)20-28-17-15-27(16-18-28)19-23-11-6-10-22-9-4-5-12-24(22)23/h4-7,9-12H,1-3,8,13-20H2,(H,26,29). The normalized spacial score (nSPS) is 18.6. The number of hydrogen-bond acceptors (Lipinski definition) is 3. The molecule has 1 amide bonds. The highest BCUT2D eigenvalue weighted by Gasteiger charge is 2.19. The molecule has 0 atom stereocenters. The van der Waals surface area contributed by atoms with E-state index in [4.69, 9.17) is 0 Å². The average molecular weight is 392 g/mol. The fraction of sp³-hybridized carbons (Fsp3) is 0.480. The second-order valence-electron chi connectivity index (χ2n) is 8.40. The maximum atomic E-state index is 12.3. The quantitative estimate of drug-likeness (QED) is 0.726. The molecular formula is C25H33N3O. The number of allylic oxidation sites excluding steroid dienone is 1. The number of amides is 1. The number of carbonyl (C=O) groups is 1. The molecule has 0 aromatic heterocycles. The number of rotatable bonds is 7. The Morgan fingerprint density at radius 3 is 2.55 bits per heavy atom. The van der Waals surface area contributed by atoms with E-state index in [-0.39, 0.29) is 5.91 Å². The van der Waals surface area contributed by atoms with E-state index in [1.807, 2.05) is 0 Å². The van der Waals surface area contributed by atoms with Crippen molar-refractivity contribution in [2.75, 3.05) is 39.3 Å². The van der Waals surface area contributed by atoms with Gasteiger partial charge < -0.3 is 5.32 Å². The van der Waals surface area contributed by atoms with Gasteiger partial charge in [-0.2, -0.15) is 0 Å². The molecule has 1 fully saturated rings. The van der Waals surface area contributed by atoms with E-state index in [9.17, 15) is 4.79 Å². The minimum atomic E-state index is 0.170. The smallest absolute Gasteiger partial charge is 0.234 e. The van der Waals surface area contributed by atoms with Gasteiger partial charge in [0.25, 0.3) is 0 Å². The van der Waals surface area contributed by atoms with Crippen LogP contribution in [0.25, 0.3) is 10.8 Å². The predicted molar refractivity (Wildman–Crippen MR) is 120 cm³/mol. The third-order valence-corrected chi connectivity index (χ3v) is 6.26. The van der Waals surface area contributed by atoms with Gasteiger partial charge in [-0.15, -0.1) is 0 Å². The van der Waals surface area contributed by atoms with Crippen molar-refractivity contribution in [3.63, 3.8) is 0 Å². The Kier molecular flexibility index (Phi) is 6.96. The van der Waals surface area contributed by atoms with Crippen molar-refractivity contribution in [2.45, 2.75) is 38.6 Å². The van der Waals surface area contributed by atoms with Gasteiger partial charge in [-0.25, -0.2) is 0 Å². The van der Waals surface area contributed by atoms with Crippen molar-refractivity contribution in [3.8, 4) is 0 Å². The molecule has 1 aliphatic carbocycles. The van der Waals surface area contributed by atoms with Crippen LogP contribution in [-0.2, 0) is 11.3 Å². The second-order valence-corrected chi connectivity index (χ2v) is 8.40. The maximum Gasteiger partial charge on any atom is 0.234 e. The number of benzene rings is 2. The summed E-state index contributed by atoms with van der Waals surface area (Å²) in [7, 11) is 0. The van der Waals surface area contributed by atoms with Crippen LogP contribution in [0.1, 0.15) is 37.7 Å². The Morgan fingerprint density at radius 1 is 0.931 bits per heavy atom. The van der Waals surface area contributed by atoms with Crippen molar-refractivity contribution in [3.05, 3.63) is 59.7 Å². The molecule has 2 aromatic carbocycles. The van der Waals surface area contributed by atoms with Gasteiger partial charge >= 0.3 is 0 Å². The van der Waals surface area contributed by atoms with Crippen LogP contribution in [0.15, 0.2) is 54.1 Å². The highest BCUT2D eigenvalue weighted by atomic mass is 16.2. The monoisotopic (exact) mass is 391 g/mol. The van der Waals surface area contributed by atoms with Gasteiger partial charge in [-0.3, -0.25) is 14.6 Å². The fourth-order valence-electron chi connectivity index (χ4n) is 4.53. The van der Waals surface area contributed by atoms with Gasteiger partial charge in [0.15, 0.2) is 0 Å². The topological polar surface area (TPSA) is 35.6 Å². The Hall–Kier alpha value is -2.17. The Balaban J connectivity index is 1.19. The minimum absolute atomic E-state index is 0.170. The molecule has 4 nitrogen and oxygen atoms in total. The van der Waals surface area contributed by atoms with Gasteiger partial charge in [0.1, 0.15) is 0 Å². The summed E-state index contributed by atoms with van der Waals surface area (Å²) in [4.78, 5) is 17.1. The van der Waals surface area contributed by atoms with E-state index < -0.39 is 0 Å². The molecule has 154 valence electrons. The maximum absolute atomic E-state index is 12.3. The Morgan fingerprint density at radius 2 is 1.72 bits per heavy atom. The van der Waals surface area contributed by atoms with Crippen LogP contribution in [0.3, 0.4) is 0 Å². The zero-order valence-electron chi connectivity index (χ0n) is 17.4. The van der Waals surface area contributed by atoms with Gasteiger partial charge in [0.2, 0.25) is 5.91 Å². The number of carbonyl (C=O) groups excluding carboxylic acids is 1. The summed E-state index contributed by atoms with van der Waals surface area (Å²) in [6.45, 7) is 6.25. The van der Waals surface area contributed by atoms with Gasteiger partial charge in [0.05, 0.1) is 6.54 Å². The molecule has 0 unspecified atom stereocenters. The van der Waals surface area contributed by atoms with E-state index in [0.29, 0.717) is 6.54 Å². The summed E-state index contributed by atoms with van der Waals surface area (Å²) in [5, 5.41) is 5.77. The molecule has 4 heteroatoms. The number of nitrogens with one attached hydrogen (secondary N) is 1. The van der Waals surface area contributed by atoms with Crippen LogP contribution >= 0.6 is 0 Å². The van der Waals surface area contributed by atoms with Crippen LogP contribution in [0.4, 0.5) is 0 Å². The molecule has 1 heterocycles. The van der Waals surface area contributed by atoms with Crippen molar-refractivity contribution < 1.29 is 4.79 Å². The van der Waals surface area contributed by atoms with Gasteiger partial charge in [-0.1, -0.05) is 54.1 Å². The lowest BCUT2D eigenvalue weighted by atomic mass is 9.97. The number of hydrogen-bond donors (Lipinski definition) is 1. The first kappa shape index (κ1) is 20.1. The first-order valence-corrected chi connectivity index (χ1v) is 11.1. The number of nitrogens with zero attached hydrogens (tertiary/aromatic N) is 2. The lowest BCUT2D eigenvalue weighted by Crippen LogP contribution is -2.49. The zero-order valence-corrected chi connectivity index (χ0v) is 17.4. The molecule has 0 saturated carbocycles. The molecule has 1 saturated heterocycles. The predicted octanol–water partition coefficient (Wildman–Crippen LogP) is 3.96. The van der Waals surface area contributed by atoms with Crippen molar-refractivity contribution in [1.29, 1.82) is 0 Å². The second kappa shape index (κ2) is 10.0. The van der Waals surface area contributed by atoms with Crippen LogP contribution in [-0.4, -0.2) is 55.0 Å². The highest BCUT2D eigenvalue weighted by molar-refractivity contribution is 5.85. The fourth-order valence-corrected chi connectivity index (χ4v) is 4.53. The molecule has 0 bridgehead atoms. The summed E-state index contributed by atoms with van der Waals surface area (Å²) < 4.78 is 0. The lowest BCUT2D eigenvalue weighted by molar-refractivity contribution is -0.122. The number of fused-ring (bicyclic) bond motifs is 1. The minimum Gasteiger partial charge on any atom is -0.355 e. The summed E-state index contributed by atoms with van der Waals surface area (Å²) in [5.74, 6) is 0.170. The lowest BCUT2D eigenvalue weighted by Gasteiger charge is -2.34. The van der Waals surface area contributed by atoms with Crippen molar-refractivity contribution in [2.24, 2.45) is 0 Å². The largest absolute Gasteiger partial charge is 0.355 e. The summed E-state index contributed by atoms with van der Waals surface area (Å²) in [5.41, 5.74) is 2.92. The van der Waals surface area contributed by atoms with Crippen molar-refractivity contribution in [1.82, 2.24) is 15.1 Å². The molecule has 29 heavy (non-hydrogen) atoms. The molecular weight excluding hydrogens is 358 g/mol. The first-order valence-electron chi connectivity index (χ1n) is 11.1. The van der Waals surface area contributed by atoms with Crippen molar-refractivity contribution >= 4 is 16.7 Å². The van der Waals surface area contributed by atoms with Gasteiger partial charge in [0, 0.05) is 39.3 Å². The van der Waals surface area contributed by atoms with E-state index in [1.54, 1.807) is 0 Å². The Bertz CT molecular complexity index is 847. The first-order chi connectivity index (χ1) is 14.3. The molecule has 1 N–H and O–H groups in total. The highest BCUT2D eigenvalue weighted by Crippen LogP contribution is 2.21.